The molecule has 0 aliphatic heterocycles. The number of likely N-dealkylation sites (N-methyl/N-ethyl adjacent to an activating group) is 1. The van der Waals surface area contributed by atoms with Gasteiger partial charge in [-0.05, 0) is 31.8 Å². The lowest BCUT2D eigenvalue weighted by atomic mass is 10.1. The number of nitrogens with one attached hydrogen (secondary N) is 2. The molecule has 0 spiro atoms. The van der Waals surface area contributed by atoms with Gasteiger partial charge in [-0.3, -0.25) is 14.3 Å². The highest BCUT2D eigenvalue weighted by Crippen LogP contribution is 2.18. The molecular weight excluding hydrogens is 301 g/mol. The zero-order valence-corrected chi connectivity index (χ0v) is 13.3. The van der Waals surface area contributed by atoms with Crippen molar-refractivity contribution in [3.8, 4) is 0 Å². The first-order valence-electron chi connectivity index (χ1n) is 7.20. The molecule has 0 unspecified atom stereocenters. The fourth-order valence-corrected chi connectivity index (χ4v) is 2.33. The van der Waals surface area contributed by atoms with Crippen molar-refractivity contribution in [2.75, 3.05) is 20.6 Å². The minimum absolute atomic E-state index is 0.192. The number of halogens is 1. The molecule has 1 amide bonds. The molecule has 8 heteroatoms. The Morgan fingerprint density at radius 3 is 2.57 bits per heavy atom. The quantitative estimate of drug-likeness (QED) is 0.797. The molecule has 1 atom stereocenters. The maximum atomic E-state index is 13.0. The average Bonchev–Trinajstić information content (AvgIpc) is 2.81. The molecule has 0 saturated carbocycles. The largest absolute Gasteiger partial charge is 0.354 e. The number of hydrogen-bond donors (Lipinski definition) is 2. The summed E-state index contributed by atoms with van der Waals surface area (Å²) in [6.07, 6.45) is 0.435. The predicted octanol–water partition coefficient (Wildman–Crippen LogP) is 0.209. The number of carbonyl (C=O) groups excluding carboxylic acids is 1. The summed E-state index contributed by atoms with van der Waals surface area (Å²) < 4.78 is 14.4. The Hall–Kier alpha value is -2.48. The van der Waals surface area contributed by atoms with Crippen LogP contribution in [-0.2, 0) is 18.3 Å². The van der Waals surface area contributed by atoms with Crippen LogP contribution < -0.4 is 11.0 Å². The molecule has 0 aliphatic rings. The second-order valence-electron chi connectivity index (χ2n) is 5.46. The molecule has 2 aromatic rings. The van der Waals surface area contributed by atoms with Crippen molar-refractivity contribution >= 4 is 5.91 Å². The van der Waals surface area contributed by atoms with Crippen LogP contribution in [0.25, 0.3) is 0 Å². The van der Waals surface area contributed by atoms with Crippen molar-refractivity contribution in [1.29, 1.82) is 0 Å². The van der Waals surface area contributed by atoms with E-state index in [1.807, 2.05) is 0 Å². The van der Waals surface area contributed by atoms with Crippen LogP contribution in [0.3, 0.4) is 0 Å². The van der Waals surface area contributed by atoms with Gasteiger partial charge in [0.1, 0.15) is 17.7 Å². The molecule has 23 heavy (non-hydrogen) atoms. The number of benzene rings is 1. The SMILES string of the molecule is CN(C)[C@H](C(=O)NCCc1n[nH]c(=O)n1C)c1ccc(F)cc1. The van der Waals surface area contributed by atoms with Crippen molar-refractivity contribution in [3.63, 3.8) is 0 Å². The van der Waals surface area contributed by atoms with Gasteiger partial charge in [0.05, 0.1) is 0 Å². The Balaban J connectivity index is 2.00. The number of rotatable bonds is 6. The van der Waals surface area contributed by atoms with Crippen LogP contribution in [0.5, 0.6) is 0 Å². The summed E-state index contributed by atoms with van der Waals surface area (Å²) in [5.74, 6) is 0.0340. The van der Waals surface area contributed by atoms with E-state index in [2.05, 4.69) is 15.5 Å². The molecule has 1 heterocycles. The van der Waals surface area contributed by atoms with Gasteiger partial charge in [-0.2, -0.15) is 5.10 Å². The smallest absolute Gasteiger partial charge is 0.343 e. The minimum atomic E-state index is -0.515. The summed E-state index contributed by atoms with van der Waals surface area (Å²) in [5, 5.41) is 9.05. The number of hydrogen-bond acceptors (Lipinski definition) is 4. The van der Waals surface area contributed by atoms with Gasteiger partial charge in [-0.25, -0.2) is 14.3 Å². The van der Waals surface area contributed by atoms with Crippen LogP contribution in [0.2, 0.25) is 0 Å². The number of nitrogens with zero attached hydrogens (tertiary/aromatic N) is 3. The summed E-state index contributed by atoms with van der Waals surface area (Å²) in [5.41, 5.74) is 0.421. The third-order valence-corrected chi connectivity index (χ3v) is 3.57. The van der Waals surface area contributed by atoms with E-state index >= 15 is 0 Å². The standard InChI is InChI=1S/C15H20FN5O2/c1-20(2)13(10-4-6-11(16)7-5-10)14(22)17-9-8-12-18-19-15(23)21(12)3/h4-7,13H,8-9H2,1-3H3,(H,17,22)(H,19,23)/t13-/m0/s1. The Morgan fingerprint density at radius 2 is 2.04 bits per heavy atom. The lowest BCUT2D eigenvalue weighted by Gasteiger charge is -2.23. The summed E-state index contributed by atoms with van der Waals surface area (Å²) in [6, 6.07) is 5.34. The first-order chi connectivity index (χ1) is 10.9. The van der Waals surface area contributed by atoms with E-state index in [9.17, 15) is 14.0 Å². The maximum absolute atomic E-state index is 13.0. The number of carbonyl (C=O) groups is 1. The van der Waals surface area contributed by atoms with Gasteiger partial charge in [0.25, 0.3) is 0 Å². The minimum Gasteiger partial charge on any atom is -0.354 e. The summed E-state index contributed by atoms with van der Waals surface area (Å²) >= 11 is 0. The molecule has 2 rings (SSSR count). The van der Waals surface area contributed by atoms with Gasteiger partial charge in [-0.1, -0.05) is 12.1 Å². The van der Waals surface area contributed by atoms with Gasteiger partial charge < -0.3 is 5.32 Å². The van der Waals surface area contributed by atoms with Crippen molar-refractivity contribution < 1.29 is 9.18 Å². The molecule has 1 aromatic heterocycles. The first-order valence-corrected chi connectivity index (χ1v) is 7.20. The van der Waals surface area contributed by atoms with Gasteiger partial charge in [0, 0.05) is 20.0 Å². The number of amides is 1. The van der Waals surface area contributed by atoms with E-state index in [0.717, 1.165) is 0 Å². The lowest BCUT2D eigenvalue weighted by molar-refractivity contribution is -0.125. The highest BCUT2D eigenvalue weighted by Gasteiger charge is 2.22. The topological polar surface area (TPSA) is 83.0 Å². The lowest BCUT2D eigenvalue weighted by Crippen LogP contribution is -2.38. The third kappa shape index (κ3) is 4.04. The van der Waals surface area contributed by atoms with Crippen molar-refractivity contribution in [2.45, 2.75) is 12.5 Å². The van der Waals surface area contributed by atoms with E-state index in [-0.39, 0.29) is 17.4 Å². The Kier molecular flexibility index (Phi) is 5.28. The van der Waals surface area contributed by atoms with Gasteiger partial charge >= 0.3 is 5.69 Å². The second-order valence-corrected chi connectivity index (χ2v) is 5.46. The third-order valence-electron chi connectivity index (χ3n) is 3.57. The molecule has 0 saturated heterocycles. The average molecular weight is 321 g/mol. The van der Waals surface area contributed by atoms with Crippen LogP contribution >= 0.6 is 0 Å². The molecule has 0 aliphatic carbocycles. The van der Waals surface area contributed by atoms with Crippen molar-refractivity contribution in [1.82, 2.24) is 25.0 Å². The van der Waals surface area contributed by atoms with Gasteiger partial charge in [0.2, 0.25) is 5.91 Å². The van der Waals surface area contributed by atoms with Crippen LogP contribution in [0.1, 0.15) is 17.4 Å². The Morgan fingerprint density at radius 1 is 1.39 bits per heavy atom. The van der Waals surface area contributed by atoms with Crippen molar-refractivity contribution in [2.24, 2.45) is 7.05 Å². The normalized spacial score (nSPS) is 12.4. The van der Waals surface area contributed by atoms with E-state index in [4.69, 9.17) is 0 Å². The van der Waals surface area contributed by atoms with Gasteiger partial charge in [0.15, 0.2) is 0 Å². The number of H-pyrrole nitrogens is 1. The van der Waals surface area contributed by atoms with Crippen LogP contribution in [0.15, 0.2) is 29.1 Å². The van der Waals surface area contributed by atoms with Gasteiger partial charge in [-0.15, -0.1) is 0 Å². The number of aromatic nitrogens is 3. The van der Waals surface area contributed by atoms with Crippen LogP contribution in [-0.4, -0.2) is 46.2 Å². The Labute approximate surface area is 133 Å². The fraction of sp³-hybridized carbons (Fsp3) is 0.400. The van der Waals surface area contributed by atoms with Crippen molar-refractivity contribution in [3.05, 3.63) is 52.0 Å². The highest BCUT2D eigenvalue weighted by atomic mass is 19.1. The maximum Gasteiger partial charge on any atom is 0.343 e. The summed E-state index contributed by atoms with van der Waals surface area (Å²) in [7, 11) is 5.18. The zero-order valence-electron chi connectivity index (χ0n) is 13.3. The molecule has 0 fully saturated rings. The van der Waals surface area contributed by atoms with E-state index in [1.165, 1.54) is 16.7 Å². The predicted molar refractivity (Wildman–Crippen MR) is 83.4 cm³/mol. The second kappa shape index (κ2) is 7.19. The fourth-order valence-electron chi connectivity index (χ4n) is 2.33. The highest BCUT2D eigenvalue weighted by molar-refractivity contribution is 5.83. The van der Waals surface area contributed by atoms with E-state index in [1.54, 1.807) is 38.2 Å². The number of aromatic amines is 1. The molecule has 0 bridgehead atoms. The first kappa shape index (κ1) is 16.9. The van der Waals surface area contributed by atoms with E-state index in [0.29, 0.717) is 24.4 Å². The molecule has 2 N–H and O–H groups in total. The molecule has 124 valence electrons. The summed E-state index contributed by atoms with van der Waals surface area (Å²) in [6.45, 7) is 0.350. The Bertz CT molecular complexity index is 720. The van der Waals surface area contributed by atoms with E-state index < -0.39 is 6.04 Å². The van der Waals surface area contributed by atoms with Crippen LogP contribution in [0.4, 0.5) is 4.39 Å². The van der Waals surface area contributed by atoms with Crippen LogP contribution in [0, 0.1) is 5.82 Å². The molecule has 1 aromatic carbocycles. The molecular formula is C15H20FN5O2. The monoisotopic (exact) mass is 321 g/mol. The molecule has 0 radical (unpaired) electrons. The summed E-state index contributed by atoms with van der Waals surface area (Å²) in [4.78, 5) is 25.4. The molecule has 7 nitrogen and oxygen atoms in total. The zero-order chi connectivity index (χ0) is 17.0.